The number of carbonyl (C=O) groups is 1. The summed E-state index contributed by atoms with van der Waals surface area (Å²) in [5.41, 5.74) is 4.79. The monoisotopic (exact) mass is 309 g/mol. The molecule has 1 aromatic rings. The summed E-state index contributed by atoms with van der Waals surface area (Å²) in [6, 6.07) is 0. The molecule has 0 aromatic carbocycles. The number of aromatic nitrogens is 1. The number of rotatable bonds is 3. The van der Waals surface area contributed by atoms with E-state index in [4.69, 9.17) is 10.1 Å². The highest BCUT2D eigenvalue weighted by Gasteiger charge is 2.25. The summed E-state index contributed by atoms with van der Waals surface area (Å²) in [4.78, 5) is 11.9. The van der Waals surface area contributed by atoms with Crippen LogP contribution in [-0.4, -0.2) is 17.1 Å². The average Bonchev–Trinajstić information content (AvgIpc) is 2.93. The van der Waals surface area contributed by atoms with Crippen LogP contribution in [0, 0.1) is 5.41 Å². The van der Waals surface area contributed by atoms with Crippen LogP contribution < -0.4 is 17.8 Å². The number of ether oxygens (including phenoxy) is 1. The van der Waals surface area contributed by atoms with E-state index in [1.807, 2.05) is 6.92 Å². The minimum atomic E-state index is -0.155. The van der Waals surface area contributed by atoms with Crippen LogP contribution in [0.2, 0.25) is 0 Å². The number of hydrogen-bond acceptors (Lipinski definition) is 3. The zero-order chi connectivity index (χ0) is 14.1. The topological polar surface area (TPSA) is 55.1 Å². The summed E-state index contributed by atoms with van der Waals surface area (Å²) in [5.74, 6) is -0.155. The second-order valence-electron chi connectivity index (χ2n) is 5.68. The minimum absolute atomic E-state index is 0. The first-order chi connectivity index (χ1) is 9.72. The molecule has 21 heavy (non-hydrogen) atoms. The summed E-state index contributed by atoms with van der Waals surface area (Å²) in [7, 11) is 0. The van der Waals surface area contributed by atoms with Crippen molar-refractivity contribution in [1.29, 1.82) is 5.41 Å². The average molecular weight is 310 g/mol. The molecule has 2 aliphatic carbocycles. The van der Waals surface area contributed by atoms with Gasteiger partial charge < -0.3 is 27.1 Å². The summed E-state index contributed by atoms with van der Waals surface area (Å²) in [5, 5.41) is 9.19. The Bertz CT molecular complexity index is 607. The van der Waals surface area contributed by atoms with Crippen molar-refractivity contribution >= 4 is 5.97 Å². The molecule has 1 aromatic heterocycles. The van der Waals surface area contributed by atoms with E-state index in [0.29, 0.717) is 13.2 Å². The van der Waals surface area contributed by atoms with Crippen molar-refractivity contribution in [3.8, 4) is 0 Å². The van der Waals surface area contributed by atoms with E-state index < -0.39 is 0 Å². The van der Waals surface area contributed by atoms with Crippen molar-refractivity contribution in [2.45, 2.75) is 58.4 Å². The minimum Gasteiger partial charge on any atom is -1.00 e. The van der Waals surface area contributed by atoms with Crippen LogP contribution >= 0.6 is 0 Å². The van der Waals surface area contributed by atoms with Gasteiger partial charge in [0.2, 0.25) is 0 Å². The van der Waals surface area contributed by atoms with E-state index >= 15 is 0 Å². The van der Waals surface area contributed by atoms with Crippen LogP contribution in [0.25, 0.3) is 0 Å². The molecule has 116 valence electrons. The number of nitrogens with zero attached hydrogens (tertiary/aromatic N) is 1. The molecule has 3 rings (SSSR count). The molecule has 0 radical (unpaired) electrons. The molecular weight excluding hydrogens is 288 g/mol. The standard InChI is InChI=1S/C16H22N2O2.ClH/c1-2-20-15(19)10-18-13-8-4-3-6-11(13)16(17)12-7-5-9-14(12)18;/h17H,2-10H2,1H3;1H/p-1. The summed E-state index contributed by atoms with van der Waals surface area (Å²) in [6.07, 6.45) is 7.40. The lowest BCUT2D eigenvalue weighted by molar-refractivity contribution is -0.143. The summed E-state index contributed by atoms with van der Waals surface area (Å²) >= 11 is 0. The van der Waals surface area contributed by atoms with Crippen molar-refractivity contribution in [3.63, 3.8) is 0 Å². The van der Waals surface area contributed by atoms with Gasteiger partial charge in [0.05, 0.1) is 12.0 Å². The molecule has 0 spiro atoms. The van der Waals surface area contributed by atoms with E-state index in [1.165, 1.54) is 22.5 Å². The van der Waals surface area contributed by atoms with E-state index in [0.717, 1.165) is 50.3 Å². The molecule has 0 fully saturated rings. The Balaban J connectivity index is 0.00000161. The van der Waals surface area contributed by atoms with Gasteiger partial charge in [-0.1, -0.05) is 0 Å². The van der Waals surface area contributed by atoms with E-state index in [9.17, 15) is 4.79 Å². The second kappa shape index (κ2) is 6.65. The van der Waals surface area contributed by atoms with Gasteiger partial charge in [0.1, 0.15) is 6.54 Å². The third kappa shape index (κ3) is 2.86. The predicted molar refractivity (Wildman–Crippen MR) is 75.6 cm³/mol. The van der Waals surface area contributed by atoms with Crippen LogP contribution in [0.3, 0.4) is 0 Å². The first-order valence-corrected chi connectivity index (χ1v) is 7.69. The van der Waals surface area contributed by atoms with Gasteiger partial charge in [0, 0.05) is 11.4 Å². The fourth-order valence-electron chi connectivity index (χ4n) is 3.62. The van der Waals surface area contributed by atoms with Crippen LogP contribution in [-0.2, 0) is 41.8 Å². The number of halogens is 1. The molecule has 1 N–H and O–H groups in total. The molecule has 5 heteroatoms. The molecule has 0 atom stereocenters. The number of nitrogens with one attached hydrogen (secondary N) is 1. The molecule has 4 nitrogen and oxygen atoms in total. The zero-order valence-electron chi connectivity index (χ0n) is 12.5. The predicted octanol–water partition coefficient (Wildman–Crippen LogP) is -1.10. The van der Waals surface area contributed by atoms with Gasteiger partial charge in [-0.2, -0.15) is 0 Å². The van der Waals surface area contributed by atoms with Crippen molar-refractivity contribution in [2.24, 2.45) is 0 Å². The first kappa shape index (κ1) is 16.1. The Kier molecular flexibility index (Phi) is 5.09. The third-order valence-electron chi connectivity index (χ3n) is 4.48. The van der Waals surface area contributed by atoms with Crippen LogP contribution in [0.4, 0.5) is 0 Å². The van der Waals surface area contributed by atoms with Crippen LogP contribution in [0.5, 0.6) is 0 Å². The first-order valence-electron chi connectivity index (χ1n) is 7.69. The van der Waals surface area contributed by atoms with Crippen molar-refractivity contribution in [2.75, 3.05) is 6.61 Å². The number of pyridine rings is 1. The lowest BCUT2D eigenvalue weighted by atomic mass is 9.92. The van der Waals surface area contributed by atoms with Gasteiger partial charge in [-0.15, -0.1) is 0 Å². The quantitative estimate of drug-likeness (QED) is 0.721. The van der Waals surface area contributed by atoms with Gasteiger partial charge in [-0.3, -0.25) is 4.79 Å². The normalized spacial score (nSPS) is 15.9. The highest BCUT2D eigenvalue weighted by molar-refractivity contribution is 5.69. The van der Waals surface area contributed by atoms with Crippen molar-refractivity contribution in [3.05, 3.63) is 27.9 Å². The molecule has 2 aliphatic rings. The molecule has 0 unspecified atom stereocenters. The van der Waals surface area contributed by atoms with E-state index in [2.05, 4.69) is 4.57 Å². The Morgan fingerprint density at radius 1 is 1.10 bits per heavy atom. The van der Waals surface area contributed by atoms with E-state index in [1.54, 1.807) is 0 Å². The van der Waals surface area contributed by atoms with Crippen molar-refractivity contribution < 1.29 is 21.9 Å². The molecule has 1 heterocycles. The van der Waals surface area contributed by atoms with Gasteiger partial charge >= 0.3 is 5.97 Å². The molecule has 0 saturated carbocycles. The molecule has 0 aliphatic heterocycles. The number of carbonyl (C=O) groups excluding carboxylic acids is 1. The maximum Gasteiger partial charge on any atom is 0.325 e. The van der Waals surface area contributed by atoms with E-state index in [-0.39, 0.29) is 18.4 Å². The molecular formula is C16H22ClN2O2-. The van der Waals surface area contributed by atoms with Gasteiger partial charge in [-0.25, -0.2) is 0 Å². The van der Waals surface area contributed by atoms with Crippen LogP contribution in [0.1, 0.15) is 48.7 Å². The fraction of sp³-hybridized carbons (Fsp3) is 0.625. The van der Waals surface area contributed by atoms with Gasteiger partial charge in [-0.05, 0) is 63.0 Å². The van der Waals surface area contributed by atoms with Crippen LogP contribution in [0.15, 0.2) is 0 Å². The lowest BCUT2D eigenvalue weighted by Gasteiger charge is -2.25. The lowest BCUT2D eigenvalue weighted by Crippen LogP contribution is -3.00. The molecule has 0 amide bonds. The maximum atomic E-state index is 11.9. The Morgan fingerprint density at radius 2 is 1.67 bits per heavy atom. The Morgan fingerprint density at radius 3 is 2.33 bits per heavy atom. The smallest absolute Gasteiger partial charge is 0.325 e. The third-order valence-corrected chi connectivity index (χ3v) is 4.48. The molecule has 0 saturated heterocycles. The second-order valence-corrected chi connectivity index (χ2v) is 5.68. The molecule has 0 bridgehead atoms. The maximum absolute atomic E-state index is 11.9. The highest BCUT2D eigenvalue weighted by Crippen LogP contribution is 2.26. The fourth-order valence-corrected chi connectivity index (χ4v) is 3.62. The number of hydrogen-bond donors (Lipinski definition) is 1. The number of fused-ring (bicyclic) bond motifs is 2. The number of esters is 1. The Hall–Kier alpha value is -1.29. The van der Waals surface area contributed by atoms with Gasteiger partial charge in [0.25, 0.3) is 0 Å². The Labute approximate surface area is 131 Å². The van der Waals surface area contributed by atoms with Gasteiger partial charge in [0.15, 0.2) is 0 Å². The summed E-state index contributed by atoms with van der Waals surface area (Å²) < 4.78 is 7.29. The SMILES string of the molecule is CCOC(=O)Cn1c2c(c(=N)c3c1CCC3)CCCC2.[Cl-]. The summed E-state index contributed by atoms with van der Waals surface area (Å²) in [6.45, 7) is 2.59. The van der Waals surface area contributed by atoms with Crippen molar-refractivity contribution in [1.82, 2.24) is 4.57 Å². The highest BCUT2D eigenvalue weighted by atomic mass is 35.5. The zero-order valence-corrected chi connectivity index (χ0v) is 13.3. The largest absolute Gasteiger partial charge is 1.00 e.